The monoisotopic (exact) mass is 394 g/mol. The zero-order chi connectivity index (χ0) is 19.8. The molecule has 9 heteroatoms. The van der Waals surface area contributed by atoms with Crippen LogP contribution in [0.4, 0.5) is 0 Å². The van der Waals surface area contributed by atoms with Crippen LogP contribution in [-0.2, 0) is 4.79 Å². The van der Waals surface area contributed by atoms with Crippen molar-refractivity contribution in [1.82, 2.24) is 5.01 Å². The van der Waals surface area contributed by atoms with Crippen LogP contribution in [0.3, 0.4) is 0 Å². The highest BCUT2D eigenvalue weighted by Gasteiger charge is 2.35. The molecule has 2 aliphatic rings. The number of furan rings is 1. The third-order valence-corrected chi connectivity index (χ3v) is 5.18. The van der Waals surface area contributed by atoms with Gasteiger partial charge in [0.05, 0.1) is 11.1 Å². The lowest BCUT2D eigenvalue weighted by molar-refractivity contribution is -0.114. The van der Waals surface area contributed by atoms with E-state index in [-0.39, 0.29) is 17.0 Å². The van der Waals surface area contributed by atoms with Gasteiger partial charge in [-0.15, -0.1) is 0 Å². The Morgan fingerprint density at radius 1 is 1.29 bits per heavy atom. The number of hydrogen-bond donors (Lipinski definition) is 2. The van der Waals surface area contributed by atoms with E-state index in [0.29, 0.717) is 28.7 Å². The largest absolute Gasteiger partial charge is 0.478 e. The van der Waals surface area contributed by atoms with Crippen molar-refractivity contribution in [2.24, 2.45) is 10.1 Å². The second-order valence-electron chi connectivity index (χ2n) is 5.95. The van der Waals surface area contributed by atoms with E-state index in [4.69, 9.17) is 14.9 Å². The third kappa shape index (κ3) is 3.16. The van der Waals surface area contributed by atoms with Gasteiger partial charge in [-0.2, -0.15) is 15.1 Å². The Morgan fingerprint density at radius 3 is 2.71 bits per heavy atom. The number of nitrogens with one attached hydrogen (secondary N) is 1. The van der Waals surface area contributed by atoms with Gasteiger partial charge in [0.15, 0.2) is 5.84 Å². The van der Waals surface area contributed by atoms with Crippen LogP contribution in [0.2, 0.25) is 0 Å². The number of rotatable bonds is 4. The van der Waals surface area contributed by atoms with Crippen LogP contribution < -0.4 is 0 Å². The van der Waals surface area contributed by atoms with Crippen LogP contribution in [0, 0.1) is 5.41 Å². The van der Waals surface area contributed by atoms with Gasteiger partial charge in [0.2, 0.25) is 5.17 Å². The van der Waals surface area contributed by atoms with Gasteiger partial charge >= 0.3 is 5.97 Å². The molecule has 2 N–H and O–H groups in total. The Labute approximate surface area is 163 Å². The lowest BCUT2D eigenvalue weighted by Crippen LogP contribution is -2.35. The molecule has 1 amide bonds. The zero-order valence-electron chi connectivity index (χ0n) is 14.7. The molecule has 0 bridgehead atoms. The molecular formula is C19H14N4O4S. The van der Waals surface area contributed by atoms with E-state index in [1.165, 1.54) is 35.0 Å². The predicted molar refractivity (Wildman–Crippen MR) is 106 cm³/mol. The van der Waals surface area contributed by atoms with Crippen LogP contribution in [0.15, 0.2) is 56.5 Å². The van der Waals surface area contributed by atoms with Crippen LogP contribution in [0.25, 0.3) is 17.4 Å². The summed E-state index contributed by atoms with van der Waals surface area (Å²) < 4.78 is 5.74. The number of carboxylic acid groups (broad SMARTS) is 1. The molecule has 1 aromatic carbocycles. The van der Waals surface area contributed by atoms with Gasteiger partial charge in [-0.25, -0.2) is 4.79 Å². The molecule has 4 rings (SSSR count). The molecule has 2 aliphatic heterocycles. The molecule has 0 atom stereocenters. The summed E-state index contributed by atoms with van der Waals surface area (Å²) in [6.07, 6.45) is 2.16. The molecule has 140 valence electrons. The molecule has 0 radical (unpaired) electrons. The first-order chi connectivity index (χ1) is 13.5. The van der Waals surface area contributed by atoms with Gasteiger partial charge in [0.1, 0.15) is 16.6 Å². The van der Waals surface area contributed by atoms with E-state index in [9.17, 15) is 9.59 Å². The minimum atomic E-state index is -1.00. The van der Waals surface area contributed by atoms with Crippen molar-refractivity contribution in [1.29, 1.82) is 5.41 Å². The maximum absolute atomic E-state index is 12.3. The van der Waals surface area contributed by atoms with E-state index < -0.39 is 11.9 Å². The normalized spacial score (nSPS) is 17.6. The summed E-state index contributed by atoms with van der Waals surface area (Å²) in [5.74, 6) is -0.657. The Hall–Kier alpha value is -3.46. The molecule has 0 saturated heterocycles. The fourth-order valence-electron chi connectivity index (χ4n) is 2.68. The highest BCUT2D eigenvalue weighted by Crippen LogP contribution is 2.30. The summed E-state index contributed by atoms with van der Waals surface area (Å²) in [4.78, 5) is 27.3. The van der Waals surface area contributed by atoms with Gasteiger partial charge in [0.25, 0.3) is 5.91 Å². The summed E-state index contributed by atoms with van der Waals surface area (Å²) in [7, 11) is 0. The minimum absolute atomic E-state index is 0.0466. The maximum Gasteiger partial charge on any atom is 0.335 e. The Kier molecular flexibility index (Phi) is 4.44. The number of aromatic carboxylic acids is 1. The molecule has 1 aromatic heterocycles. The van der Waals surface area contributed by atoms with Crippen molar-refractivity contribution in [2.45, 2.75) is 13.3 Å². The van der Waals surface area contributed by atoms with Gasteiger partial charge < -0.3 is 9.52 Å². The number of fused-ring (bicyclic) bond motifs is 1. The molecule has 3 heterocycles. The number of carbonyl (C=O) groups is 2. The number of aliphatic imine (C=N–C) groups is 1. The number of nitrogens with zero attached hydrogens (tertiary/aromatic N) is 3. The SMILES string of the molecule is CCC1=NN2C(=N)C(=Cc3ccc(-c4ccc(C(=O)O)cc4)o3)C(=O)N=C2S1. The first-order valence-electron chi connectivity index (χ1n) is 8.39. The molecule has 28 heavy (non-hydrogen) atoms. The van der Waals surface area contributed by atoms with E-state index >= 15 is 0 Å². The number of carbonyl (C=O) groups excluding carboxylic acids is 1. The summed E-state index contributed by atoms with van der Waals surface area (Å²) >= 11 is 1.29. The molecular weight excluding hydrogens is 380 g/mol. The molecule has 0 aliphatic carbocycles. The summed E-state index contributed by atoms with van der Waals surface area (Å²) in [6.45, 7) is 1.94. The first kappa shape index (κ1) is 17.9. The van der Waals surface area contributed by atoms with Crippen LogP contribution in [0.5, 0.6) is 0 Å². The van der Waals surface area contributed by atoms with Crippen molar-refractivity contribution >= 4 is 45.8 Å². The fourth-order valence-corrected chi connectivity index (χ4v) is 3.50. The molecule has 0 saturated carbocycles. The highest BCUT2D eigenvalue weighted by molar-refractivity contribution is 8.26. The minimum Gasteiger partial charge on any atom is -0.478 e. The zero-order valence-corrected chi connectivity index (χ0v) is 15.5. The lowest BCUT2D eigenvalue weighted by Gasteiger charge is -2.19. The van der Waals surface area contributed by atoms with E-state index in [1.807, 2.05) is 6.92 Å². The number of amidine groups is 2. The maximum atomic E-state index is 12.3. The van der Waals surface area contributed by atoms with Crippen molar-refractivity contribution in [3.63, 3.8) is 0 Å². The highest BCUT2D eigenvalue weighted by atomic mass is 32.2. The Morgan fingerprint density at radius 2 is 2.04 bits per heavy atom. The fraction of sp³-hybridized carbons (Fsp3) is 0.105. The Balaban J connectivity index is 1.62. The second kappa shape index (κ2) is 6.93. The lowest BCUT2D eigenvalue weighted by atomic mass is 10.1. The first-order valence-corrected chi connectivity index (χ1v) is 9.20. The number of carboxylic acids is 1. The van der Waals surface area contributed by atoms with E-state index in [2.05, 4.69) is 10.1 Å². The quantitative estimate of drug-likeness (QED) is 0.764. The second-order valence-corrected chi connectivity index (χ2v) is 6.99. The average Bonchev–Trinajstić information content (AvgIpc) is 3.32. The van der Waals surface area contributed by atoms with Crippen molar-refractivity contribution in [3.05, 3.63) is 53.3 Å². The van der Waals surface area contributed by atoms with Crippen LogP contribution in [0.1, 0.15) is 29.5 Å². The van der Waals surface area contributed by atoms with Gasteiger partial charge in [-0.05, 0) is 48.5 Å². The number of amides is 1. The number of hydrogen-bond acceptors (Lipinski definition) is 6. The smallest absolute Gasteiger partial charge is 0.335 e. The average molecular weight is 394 g/mol. The molecule has 0 spiro atoms. The van der Waals surface area contributed by atoms with Crippen molar-refractivity contribution < 1.29 is 19.1 Å². The topological polar surface area (TPSA) is 119 Å². The molecule has 0 unspecified atom stereocenters. The van der Waals surface area contributed by atoms with Gasteiger partial charge in [-0.1, -0.05) is 19.1 Å². The number of hydrazone groups is 1. The summed E-state index contributed by atoms with van der Waals surface area (Å²) in [6, 6.07) is 9.66. The Bertz CT molecular complexity index is 1100. The van der Waals surface area contributed by atoms with Gasteiger partial charge in [-0.3, -0.25) is 10.2 Å². The predicted octanol–water partition coefficient (Wildman–Crippen LogP) is 3.67. The number of thioether (sulfide) groups is 1. The van der Waals surface area contributed by atoms with E-state index in [1.54, 1.807) is 24.3 Å². The summed E-state index contributed by atoms with van der Waals surface area (Å²) in [5, 5.41) is 24.1. The molecule has 0 fully saturated rings. The van der Waals surface area contributed by atoms with Gasteiger partial charge in [0, 0.05) is 5.56 Å². The third-order valence-electron chi connectivity index (χ3n) is 4.13. The van der Waals surface area contributed by atoms with Crippen molar-refractivity contribution in [2.75, 3.05) is 0 Å². The standard InChI is InChI=1S/C19H14N4O4S/c1-2-15-22-23-16(20)13(17(24)21-19(23)28-15)9-12-7-8-14(27-12)10-3-5-11(6-4-10)18(25)26/h3-9,20H,2H2,1H3,(H,25,26). The number of benzene rings is 1. The van der Waals surface area contributed by atoms with Crippen molar-refractivity contribution in [3.8, 4) is 11.3 Å². The molecule has 2 aromatic rings. The summed E-state index contributed by atoms with van der Waals surface area (Å²) in [5.41, 5.74) is 0.976. The van der Waals surface area contributed by atoms with E-state index in [0.717, 1.165) is 5.04 Å². The van der Waals surface area contributed by atoms with Crippen LogP contribution >= 0.6 is 11.8 Å². The molecule has 8 nitrogen and oxygen atoms in total. The van der Waals surface area contributed by atoms with Crippen LogP contribution in [-0.4, -0.2) is 38.0 Å².